The molecule has 0 aliphatic heterocycles. The van der Waals surface area contributed by atoms with Crippen LogP contribution in [0.15, 0.2) is 43.9 Å². The van der Waals surface area contributed by atoms with Gasteiger partial charge < -0.3 is 0 Å². The molecule has 1 atom stereocenters. The summed E-state index contributed by atoms with van der Waals surface area (Å²) in [5.41, 5.74) is 5.03. The molecule has 3 aliphatic rings. The topological polar surface area (TPSA) is 0 Å². The van der Waals surface area contributed by atoms with Crippen molar-refractivity contribution in [1.82, 2.24) is 0 Å². The Morgan fingerprint density at radius 1 is 1.12 bits per heavy atom. The van der Waals surface area contributed by atoms with Gasteiger partial charge in [-0.2, -0.15) is 0 Å². The Hall–Kier alpha value is -0.0800. The van der Waals surface area contributed by atoms with Crippen LogP contribution in [0.4, 0.5) is 0 Å². The molecule has 3 aliphatic carbocycles. The van der Waals surface area contributed by atoms with E-state index in [2.05, 4.69) is 63.9 Å². The van der Waals surface area contributed by atoms with E-state index < -0.39 is 0 Å². The third kappa shape index (κ3) is 1.76. The van der Waals surface area contributed by atoms with Gasteiger partial charge in [0.2, 0.25) is 0 Å². The van der Waals surface area contributed by atoms with Crippen LogP contribution >= 0.6 is 31.9 Å². The second-order valence-electron chi connectivity index (χ2n) is 5.70. The van der Waals surface area contributed by atoms with Gasteiger partial charge >= 0.3 is 0 Å². The summed E-state index contributed by atoms with van der Waals surface area (Å²) >= 11 is 7.33. The normalized spacial score (nSPS) is 30.4. The highest BCUT2D eigenvalue weighted by Crippen LogP contribution is 2.57. The Balaban J connectivity index is 2.15. The molecular weight excluding hydrogens is 340 g/mol. The first-order valence-corrected chi connectivity index (χ1v) is 7.75. The average molecular weight is 356 g/mol. The third-order valence-electron chi connectivity index (χ3n) is 4.37. The van der Waals surface area contributed by atoms with Gasteiger partial charge in [0, 0.05) is 0 Å². The summed E-state index contributed by atoms with van der Waals surface area (Å²) in [5.74, 6) is 0.654. The summed E-state index contributed by atoms with van der Waals surface area (Å²) < 4.78 is 2.69. The van der Waals surface area contributed by atoms with Crippen molar-refractivity contribution in [1.29, 1.82) is 0 Å². The predicted molar refractivity (Wildman–Crippen MR) is 80.3 cm³/mol. The van der Waals surface area contributed by atoms with Crippen LogP contribution < -0.4 is 0 Å². The first kappa shape index (κ1) is 12.0. The molecule has 0 aromatic heterocycles. The minimum atomic E-state index is 0.272. The van der Waals surface area contributed by atoms with Crippen molar-refractivity contribution in [3.8, 4) is 0 Å². The van der Waals surface area contributed by atoms with Crippen LogP contribution in [0.2, 0.25) is 0 Å². The summed E-state index contributed by atoms with van der Waals surface area (Å²) in [7, 11) is 0. The Morgan fingerprint density at radius 2 is 1.88 bits per heavy atom. The van der Waals surface area contributed by atoms with Gasteiger partial charge in [-0.1, -0.05) is 57.9 Å². The minimum absolute atomic E-state index is 0.272. The zero-order valence-corrected chi connectivity index (χ0v) is 13.4. The second-order valence-corrected chi connectivity index (χ2v) is 7.73. The molecular formula is C15H16Br2. The van der Waals surface area contributed by atoms with Crippen molar-refractivity contribution >= 4 is 31.9 Å². The molecule has 1 unspecified atom stereocenters. The summed E-state index contributed by atoms with van der Waals surface area (Å²) in [6.07, 6.45) is 10.4. The highest BCUT2D eigenvalue weighted by Gasteiger charge is 2.45. The largest absolute Gasteiger partial charge is 0.0576 e. The molecule has 0 heterocycles. The van der Waals surface area contributed by atoms with Crippen LogP contribution in [-0.2, 0) is 0 Å². The lowest BCUT2D eigenvalue weighted by Gasteiger charge is -2.31. The van der Waals surface area contributed by atoms with Gasteiger partial charge in [0.05, 0.1) is 0 Å². The Kier molecular flexibility index (Phi) is 2.79. The van der Waals surface area contributed by atoms with Crippen LogP contribution in [0.3, 0.4) is 0 Å². The summed E-state index contributed by atoms with van der Waals surface area (Å²) in [6.45, 7) is 4.78. The smallest absolute Gasteiger partial charge is 0.00216 e. The number of allylic oxidation sites excluding steroid dienone is 8. The van der Waals surface area contributed by atoms with Gasteiger partial charge in [0.25, 0.3) is 0 Å². The molecule has 0 radical (unpaired) electrons. The highest BCUT2D eigenvalue weighted by molar-refractivity contribution is 9.12. The van der Waals surface area contributed by atoms with Crippen LogP contribution in [0.5, 0.6) is 0 Å². The maximum Gasteiger partial charge on any atom is -0.00216 e. The summed E-state index contributed by atoms with van der Waals surface area (Å²) in [6, 6.07) is 0. The molecule has 0 saturated carbocycles. The van der Waals surface area contributed by atoms with Crippen molar-refractivity contribution in [3.63, 3.8) is 0 Å². The van der Waals surface area contributed by atoms with Gasteiger partial charge in [-0.05, 0) is 62.4 Å². The van der Waals surface area contributed by atoms with Gasteiger partial charge in [0.1, 0.15) is 0 Å². The standard InChI is InChI=1S/C15H16Br2/c1-15(2)13-7-9(16)3-5-11(13)12-6-4-10(17)8-14(12)15/h3,5,8,13H,4,6-7H2,1-2H3. The Bertz CT molecular complexity index is 501. The van der Waals surface area contributed by atoms with Crippen LogP contribution in [0, 0.1) is 11.3 Å². The van der Waals surface area contributed by atoms with Crippen LogP contribution in [0.1, 0.15) is 33.1 Å². The van der Waals surface area contributed by atoms with Gasteiger partial charge in [-0.25, -0.2) is 0 Å². The van der Waals surface area contributed by atoms with E-state index in [0.29, 0.717) is 5.92 Å². The molecule has 0 bridgehead atoms. The molecule has 3 rings (SSSR count). The first-order chi connectivity index (χ1) is 8.00. The summed E-state index contributed by atoms with van der Waals surface area (Å²) in [5, 5.41) is 0. The number of halogens is 2. The fraction of sp³-hybridized carbons (Fsp3) is 0.467. The number of rotatable bonds is 0. The summed E-state index contributed by atoms with van der Waals surface area (Å²) in [4.78, 5) is 0. The monoisotopic (exact) mass is 354 g/mol. The van der Waals surface area contributed by atoms with Crippen LogP contribution in [0.25, 0.3) is 0 Å². The number of hydrogen-bond donors (Lipinski definition) is 0. The zero-order chi connectivity index (χ0) is 12.2. The molecule has 17 heavy (non-hydrogen) atoms. The van der Waals surface area contributed by atoms with Crippen molar-refractivity contribution in [3.05, 3.63) is 43.9 Å². The van der Waals surface area contributed by atoms with Gasteiger partial charge in [-0.3, -0.25) is 0 Å². The fourth-order valence-corrected chi connectivity index (χ4v) is 4.26. The maximum atomic E-state index is 3.67. The van der Waals surface area contributed by atoms with Gasteiger partial charge in [0.15, 0.2) is 0 Å². The van der Waals surface area contributed by atoms with Crippen molar-refractivity contribution in [2.24, 2.45) is 11.3 Å². The van der Waals surface area contributed by atoms with E-state index in [1.165, 1.54) is 15.4 Å². The number of hydrogen-bond acceptors (Lipinski definition) is 0. The molecule has 0 N–H and O–H groups in total. The Morgan fingerprint density at radius 3 is 2.65 bits per heavy atom. The quantitative estimate of drug-likeness (QED) is 0.529. The fourth-order valence-electron chi connectivity index (χ4n) is 3.38. The molecule has 0 spiro atoms. The average Bonchev–Trinajstić information content (AvgIpc) is 2.49. The lowest BCUT2D eigenvalue weighted by atomic mass is 9.73. The van der Waals surface area contributed by atoms with Crippen LogP contribution in [-0.4, -0.2) is 0 Å². The molecule has 0 amide bonds. The highest BCUT2D eigenvalue weighted by atomic mass is 79.9. The molecule has 90 valence electrons. The molecule has 0 saturated heterocycles. The van der Waals surface area contributed by atoms with Crippen molar-refractivity contribution < 1.29 is 0 Å². The van der Waals surface area contributed by atoms with E-state index in [-0.39, 0.29) is 5.41 Å². The molecule has 0 fully saturated rings. The van der Waals surface area contributed by atoms with E-state index in [0.717, 1.165) is 12.8 Å². The van der Waals surface area contributed by atoms with Gasteiger partial charge in [-0.15, -0.1) is 0 Å². The van der Waals surface area contributed by atoms with E-state index in [4.69, 9.17) is 0 Å². The third-order valence-corrected chi connectivity index (χ3v) is 5.59. The SMILES string of the molecule is CC1(C)C2=C(CCC(Br)=C2)C2=CC=C(Br)CC21. The maximum absolute atomic E-state index is 3.67. The second kappa shape index (κ2) is 3.96. The number of fused-ring (bicyclic) bond motifs is 2. The van der Waals surface area contributed by atoms with E-state index >= 15 is 0 Å². The molecule has 0 nitrogen and oxygen atoms in total. The Labute approximate surface area is 120 Å². The van der Waals surface area contributed by atoms with Crippen molar-refractivity contribution in [2.75, 3.05) is 0 Å². The van der Waals surface area contributed by atoms with E-state index in [1.807, 2.05) is 0 Å². The first-order valence-electron chi connectivity index (χ1n) is 6.16. The molecule has 2 heteroatoms. The lowest BCUT2D eigenvalue weighted by Crippen LogP contribution is -2.22. The lowest BCUT2D eigenvalue weighted by molar-refractivity contribution is 0.335. The predicted octanol–water partition coefficient (Wildman–Crippen LogP) is 5.62. The molecule has 0 aromatic rings. The van der Waals surface area contributed by atoms with E-state index in [1.54, 1.807) is 16.7 Å². The zero-order valence-electron chi connectivity index (χ0n) is 10.2. The van der Waals surface area contributed by atoms with Crippen molar-refractivity contribution in [2.45, 2.75) is 33.1 Å². The van der Waals surface area contributed by atoms with E-state index in [9.17, 15) is 0 Å². The minimum Gasteiger partial charge on any atom is -0.0576 e. The molecule has 0 aromatic carbocycles.